The number of aromatic amines is 1. The van der Waals surface area contributed by atoms with Crippen molar-refractivity contribution >= 4 is 16.6 Å². The summed E-state index contributed by atoms with van der Waals surface area (Å²) in [6.07, 6.45) is 6.74. The van der Waals surface area contributed by atoms with E-state index in [0.717, 1.165) is 18.7 Å². The fraction of sp³-hybridized carbons (Fsp3) is 0.188. The molecule has 0 radical (unpaired) electrons. The minimum atomic E-state index is 0.909. The molecular weight excluding hydrogens is 234 g/mol. The molecule has 3 rings (SSSR count). The third-order valence-corrected chi connectivity index (χ3v) is 3.31. The molecule has 2 heterocycles. The smallest absolute Gasteiger partial charge is 0.0526 e. The molecule has 0 aliphatic carbocycles. The lowest BCUT2D eigenvalue weighted by molar-refractivity contribution is 1.03. The first-order valence-electron chi connectivity index (χ1n) is 6.53. The first-order chi connectivity index (χ1) is 9.33. The van der Waals surface area contributed by atoms with Gasteiger partial charge in [0.05, 0.1) is 5.69 Å². The van der Waals surface area contributed by atoms with Crippen molar-refractivity contribution < 1.29 is 0 Å². The topological polar surface area (TPSA) is 40.7 Å². The van der Waals surface area contributed by atoms with Crippen molar-refractivity contribution in [1.29, 1.82) is 0 Å². The van der Waals surface area contributed by atoms with Crippen LogP contribution in [-0.4, -0.2) is 16.5 Å². The number of rotatable bonds is 4. The summed E-state index contributed by atoms with van der Waals surface area (Å²) in [4.78, 5) is 7.42. The summed E-state index contributed by atoms with van der Waals surface area (Å²) >= 11 is 0. The standard InChI is InChI=1S/C16H17N3/c1-12-4-5-16-15(9-12)13(10-19-16)6-8-18-14-3-2-7-17-11-14/h2-5,7,9-11,18-19H,6,8H2,1H3. The summed E-state index contributed by atoms with van der Waals surface area (Å²) in [5, 5.41) is 4.71. The van der Waals surface area contributed by atoms with E-state index in [-0.39, 0.29) is 0 Å². The minimum Gasteiger partial charge on any atom is -0.383 e. The third kappa shape index (κ3) is 2.60. The van der Waals surface area contributed by atoms with E-state index in [9.17, 15) is 0 Å². The first kappa shape index (κ1) is 11.8. The Hall–Kier alpha value is -2.29. The number of fused-ring (bicyclic) bond motifs is 1. The average Bonchev–Trinajstić information content (AvgIpc) is 2.83. The number of hydrogen-bond acceptors (Lipinski definition) is 2. The molecule has 3 heteroatoms. The highest BCUT2D eigenvalue weighted by atomic mass is 14.9. The number of H-pyrrole nitrogens is 1. The van der Waals surface area contributed by atoms with Crippen LogP contribution in [0.4, 0.5) is 5.69 Å². The molecule has 0 amide bonds. The van der Waals surface area contributed by atoms with Crippen LogP contribution >= 0.6 is 0 Å². The van der Waals surface area contributed by atoms with Gasteiger partial charge in [-0.2, -0.15) is 0 Å². The first-order valence-corrected chi connectivity index (χ1v) is 6.53. The lowest BCUT2D eigenvalue weighted by atomic mass is 10.1. The lowest BCUT2D eigenvalue weighted by Crippen LogP contribution is -2.04. The molecule has 2 aromatic heterocycles. The van der Waals surface area contributed by atoms with E-state index >= 15 is 0 Å². The highest BCUT2D eigenvalue weighted by molar-refractivity contribution is 5.83. The van der Waals surface area contributed by atoms with Crippen LogP contribution in [0.1, 0.15) is 11.1 Å². The minimum absolute atomic E-state index is 0.909. The van der Waals surface area contributed by atoms with Crippen LogP contribution in [0.5, 0.6) is 0 Å². The maximum atomic E-state index is 4.09. The fourth-order valence-corrected chi connectivity index (χ4v) is 2.31. The van der Waals surface area contributed by atoms with Crippen LogP contribution in [0.3, 0.4) is 0 Å². The molecule has 2 N–H and O–H groups in total. The number of hydrogen-bond donors (Lipinski definition) is 2. The molecule has 0 bridgehead atoms. The Morgan fingerprint density at radius 2 is 2.21 bits per heavy atom. The second kappa shape index (κ2) is 5.14. The van der Waals surface area contributed by atoms with Crippen molar-refractivity contribution in [3.8, 4) is 0 Å². The van der Waals surface area contributed by atoms with Crippen molar-refractivity contribution in [2.24, 2.45) is 0 Å². The fourth-order valence-electron chi connectivity index (χ4n) is 2.31. The van der Waals surface area contributed by atoms with Gasteiger partial charge in [-0.25, -0.2) is 0 Å². The Kier molecular flexibility index (Phi) is 3.19. The summed E-state index contributed by atoms with van der Waals surface area (Å²) in [7, 11) is 0. The number of anilines is 1. The molecule has 3 nitrogen and oxygen atoms in total. The second-order valence-electron chi connectivity index (χ2n) is 4.78. The second-order valence-corrected chi connectivity index (χ2v) is 4.78. The molecule has 0 aliphatic rings. The van der Waals surface area contributed by atoms with Gasteiger partial charge < -0.3 is 10.3 Å². The highest BCUT2D eigenvalue weighted by Crippen LogP contribution is 2.20. The number of pyridine rings is 1. The van der Waals surface area contributed by atoms with E-state index in [1.54, 1.807) is 6.20 Å². The van der Waals surface area contributed by atoms with Gasteiger partial charge in [0.2, 0.25) is 0 Å². The molecule has 0 saturated heterocycles. The van der Waals surface area contributed by atoms with Gasteiger partial charge in [-0.1, -0.05) is 11.6 Å². The van der Waals surface area contributed by atoms with Crippen LogP contribution in [0.2, 0.25) is 0 Å². The summed E-state index contributed by atoms with van der Waals surface area (Å²) < 4.78 is 0. The Morgan fingerprint density at radius 1 is 1.26 bits per heavy atom. The zero-order valence-electron chi connectivity index (χ0n) is 11.0. The van der Waals surface area contributed by atoms with Crippen LogP contribution < -0.4 is 5.32 Å². The van der Waals surface area contributed by atoms with Gasteiger partial charge in [0.25, 0.3) is 0 Å². The molecule has 3 aromatic rings. The van der Waals surface area contributed by atoms with Gasteiger partial charge in [-0.05, 0) is 43.2 Å². The Labute approximate surface area is 112 Å². The zero-order valence-corrected chi connectivity index (χ0v) is 11.0. The van der Waals surface area contributed by atoms with Gasteiger partial charge in [-0.3, -0.25) is 4.98 Å². The molecule has 0 saturated carbocycles. The molecule has 1 aromatic carbocycles. The number of aromatic nitrogens is 2. The molecule has 0 aliphatic heterocycles. The summed E-state index contributed by atoms with van der Waals surface area (Å²) in [6, 6.07) is 10.5. The van der Waals surface area contributed by atoms with Crippen LogP contribution in [-0.2, 0) is 6.42 Å². The normalized spacial score (nSPS) is 10.8. The van der Waals surface area contributed by atoms with Crippen molar-refractivity contribution in [3.05, 3.63) is 60.0 Å². The van der Waals surface area contributed by atoms with E-state index in [0.29, 0.717) is 0 Å². The Morgan fingerprint density at radius 3 is 3.05 bits per heavy atom. The number of aryl methyl sites for hydroxylation is 1. The third-order valence-electron chi connectivity index (χ3n) is 3.31. The monoisotopic (exact) mass is 251 g/mol. The van der Waals surface area contributed by atoms with E-state index in [1.165, 1.54) is 22.0 Å². The predicted octanol–water partition coefficient (Wildman–Crippen LogP) is 3.53. The molecular formula is C16H17N3. The summed E-state index contributed by atoms with van der Waals surface area (Å²) in [5.41, 5.74) is 4.93. The average molecular weight is 251 g/mol. The molecule has 19 heavy (non-hydrogen) atoms. The largest absolute Gasteiger partial charge is 0.383 e. The van der Waals surface area contributed by atoms with Gasteiger partial charge >= 0.3 is 0 Å². The number of benzene rings is 1. The van der Waals surface area contributed by atoms with Crippen molar-refractivity contribution in [2.75, 3.05) is 11.9 Å². The predicted molar refractivity (Wildman–Crippen MR) is 79.5 cm³/mol. The summed E-state index contributed by atoms with van der Waals surface area (Å²) in [6.45, 7) is 3.04. The van der Waals surface area contributed by atoms with Crippen LogP contribution in [0, 0.1) is 6.92 Å². The maximum absolute atomic E-state index is 4.09. The quantitative estimate of drug-likeness (QED) is 0.744. The van der Waals surface area contributed by atoms with Crippen molar-refractivity contribution in [2.45, 2.75) is 13.3 Å². The zero-order chi connectivity index (χ0) is 13.1. The highest BCUT2D eigenvalue weighted by Gasteiger charge is 2.03. The van der Waals surface area contributed by atoms with Gasteiger partial charge in [0.15, 0.2) is 0 Å². The van der Waals surface area contributed by atoms with Crippen LogP contribution in [0.25, 0.3) is 10.9 Å². The van der Waals surface area contributed by atoms with Gasteiger partial charge in [-0.15, -0.1) is 0 Å². The summed E-state index contributed by atoms with van der Waals surface area (Å²) in [5.74, 6) is 0. The maximum Gasteiger partial charge on any atom is 0.0526 e. The Balaban J connectivity index is 1.70. The Bertz CT molecular complexity index is 671. The van der Waals surface area contributed by atoms with E-state index in [1.807, 2.05) is 18.3 Å². The molecule has 0 spiro atoms. The lowest BCUT2D eigenvalue weighted by Gasteiger charge is -2.05. The number of nitrogens with zero attached hydrogens (tertiary/aromatic N) is 1. The van der Waals surface area contributed by atoms with Crippen LogP contribution in [0.15, 0.2) is 48.9 Å². The van der Waals surface area contributed by atoms with E-state index < -0.39 is 0 Å². The van der Waals surface area contributed by atoms with E-state index in [4.69, 9.17) is 0 Å². The molecule has 96 valence electrons. The van der Waals surface area contributed by atoms with Gasteiger partial charge in [0.1, 0.15) is 0 Å². The van der Waals surface area contributed by atoms with Gasteiger partial charge in [0, 0.05) is 36.0 Å². The number of nitrogens with one attached hydrogen (secondary N) is 2. The van der Waals surface area contributed by atoms with Crippen molar-refractivity contribution in [1.82, 2.24) is 9.97 Å². The molecule has 0 atom stereocenters. The SMILES string of the molecule is Cc1ccc2[nH]cc(CCNc3cccnc3)c2c1. The van der Waals surface area contributed by atoms with E-state index in [2.05, 4.69) is 46.6 Å². The molecule has 0 unspecified atom stereocenters. The molecule has 0 fully saturated rings. The van der Waals surface area contributed by atoms with Crippen molar-refractivity contribution in [3.63, 3.8) is 0 Å².